The molecule has 0 atom stereocenters. The first kappa shape index (κ1) is 25.4. The van der Waals surface area contributed by atoms with Crippen LogP contribution in [0.1, 0.15) is 0 Å². The van der Waals surface area contributed by atoms with Crippen molar-refractivity contribution < 1.29 is 13.2 Å². The molecule has 1 aliphatic heterocycles. The molecule has 0 spiro atoms. The van der Waals surface area contributed by atoms with E-state index >= 15 is 0 Å². The van der Waals surface area contributed by atoms with E-state index in [1.54, 1.807) is 37.7 Å². The summed E-state index contributed by atoms with van der Waals surface area (Å²) in [7, 11) is -2.07. The number of hydrogen-bond acceptors (Lipinski definition) is 6. The number of aromatic nitrogens is 3. The Labute approximate surface area is 232 Å². The number of ether oxygens (including phenoxy) is 1. The number of benzene rings is 3. The van der Waals surface area contributed by atoms with Gasteiger partial charge in [0.2, 0.25) is 10.0 Å². The van der Waals surface area contributed by atoms with Crippen LogP contribution in [0, 0.1) is 0 Å². The third kappa shape index (κ3) is 4.73. The van der Waals surface area contributed by atoms with Gasteiger partial charge in [0.1, 0.15) is 17.9 Å². The number of halogens is 1. The summed E-state index contributed by atoms with van der Waals surface area (Å²) in [4.78, 5) is 11.8. The quantitative estimate of drug-likeness (QED) is 0.282. The van der Waals surface area contributed by atoms with Crippen LogP contribution >= 0.6 is 11.6 Å². The van der Waals surface area contributed by atoms with Crippen LogP contribution in [0.2, 0.25) is 5.02 Å². The van der Waals surface area contributed by atoms with Gasteiger partial charge < -0.3 is 14.2 Å². The molecular weight excluding hydrogens is 534 g/mol. The monoisotopic (exact) mass is 559 g/mol. The van der Waals surface area contributed by atoms with Gasteiger partial charge in [0.05, 0.1) is 17.4 Å². The van der Waals surface area contributed by atoms with Crippen molar-refractivity contribution in [3.8, 4) is 22.6 Å². The second kappa shape index (κ2) is 10.3. The van der Waals surface area contributed by atoms with Crippen molar-refractivity contribution >= 4 is 38.5 Å². The number of methoxy groups -OCH3 is 1. The normalized spacial score (nSPS) is 14.6. The Hall–Kier alpha value is -3.92. The van der Waals surface area contributed by atoms with E-state index in [0.717, 1.165) is 33.7 Å². The van der Waals surface area contributed by atoms with E-state index in [1.165, 1.54) is 4.31 Å². The average molecular weight is 560 g/mol. The Morgan fingerprint density at radius 3 is 2.31 bits per heavy atom. The number of fused-ring (bicyclic) bond motifs is 1. The molecular formula is C29H26ClN5O3S. The van der Waals surface area contributed by atoms with Crippen LogP contribution in [0.3, 0.4) is 0 Å². The van der Waals surface area contributed by atoms with Crippen LogP contribution in [-0.2, 0) is 10.0 Å². The maximum atomic E-state index is 13.3. The molecule has 0 amide bonds. The second-order valence-corrected chi connectivity index (χ2v) is 11.6. The number of sulfonamides is 1. The summed E-state index contributed by atoms with van der Waals surface area (Å²) in [6, 6.07) is 24.3. The van der Waals surface area contributed by atoms with Crippen LogP contribution in [0.25, 0.3) is 27.8 Å². The zero-order chi connectivity index (χ0) is 27.0. The first-order valence-corrected chi connectivity index (χ1v) is 14.3. The maximum Gasteiger partial charge on any atom is 0.243 e. The zero-order valence-corrected chi connectivity index (χ0v) is 22.8. The Morgan fingerprint density at radius 2 is 1.62 bits per heavy atom. The Bertz CT molecular complexity index is 1730. The molecule has 0 N–H and O–H groups in total. The SMILES string of the molecule is COc1ccc(S(=O)(=O)N2CCN(c3ncnc4c3c(-c3ccccc3)cn4-c3cccc(Cl)c3)CC2)cc1. The lowest BCUT2D eigenvalue weighted by Crippen LogP contribution is -2.49. The van der Waals surface area contributed by atoms with Crippen molar-refractivity contribution in [3.63, 3.8) is 0 Å². The molecule has 5 aromatic rings. The molecule has 6 rings (SSSR count). The van der Waals surface area contributed by atoms with Crippen molar-refractivity contribution in [2.45, 2.75) is 4.90 Å². The lowest BCUT2D eigenvalue weighted by molar-refractivity contribution is 0.384. The molecule has 2 aromatic heterocycles. The highest BCUT2D eigenvalue weighted by molar-refractivity contribution is 7.89. The molecule has 0 bridgehead atoms. The average Bonchev–Trinajstić information content (AvgIpc) is 3.38. The number of piperazine rings is 1. The van der Waals surface area contributed by atoms with E-state index < -0.39 is 10.0 Å². The van der Waals surface area contributed by atoms with E-state index in [4.69, 9.17) is 21.3 Å². The van der Waals surface area contributed by atoms with Gasteiger partial charge in [0.15, 0.2) is 5.65 Å². The van der Waals surface area contributed by atoms with Crippen molar-refractivity contribution in [3.05, 3.63) is 96.4 Å². The molecule has 39 heavy (non-hydrogen) atoms. The summed E-state index contributed by atoms with van der Waals surface area (Å²) < 4.78 is 35.3. The Kier molecular flexibility index (Phi) is 6.72. The molecule has 3 aromatic carbocycles. The van der Waals surface area contributed by atoms with Crippen molar-refractivity contribution in [2.24, 2.45) is 0 Å². The third-order valence-electron chi connectivity index (χ3n) is 6.97. The standard InChI is InChI=1S/C29H26ClN5O3S/c1-38-24-10-12-25(13-11-24)39(36,37)34-16-14-33(15-17-34)28-27-26(21-6-3-2-4-7-21)19-35(29(27)32-20-31-28)23-9-5-8-22(30)18-23/h2-13,18-20H,14-17H2,1H3. The fourth-order valence-electron chi connectivity index (χ4n) is 4.98. The van der Waals surface area contributed by atoms with Gasteiger partial charge >= 0.3 is 0 Å². The molecule has 10 heteroatoms. The van der Waals surface area contributed by atoms with Gasteiger partial charge in [-0.25, -0.2) is 18.4 Å². The van der Waals surface area contributed by atoms with Gasteiger partial charge in [-0.15, -0.1) is 0 Å². The van der Waals surface area contributed by atoms with Crippen LogP contribution in [0.5, 0.6) is 5.75 Å². The number of rotatable bonds is 6. The number of anilines is 1. The summed E-state index contributed by atoms with van der Waals surface area (Å²) in [6.45, 7) is 1.68. The highest BCUT2D eigenvalue weighted by Crippen LogP contribution is 2.37. The number of hydrogen-bond donors (Lipinski definition) is 0. The predicted molar refractivity (Wildman–Crippen MR) is 153 cm³/mol. The zero-order valence-electron chi connectivity index (χ0n) is 21.2. The molecule has 0 unspecified atom stereocenters. The summed E-state index contributed by atoms with van der Waals surface area (Å²) in [5, 5.41) is 1.55. The van der Waals surface area contributed by atoms with Crippen LogP contribution in [0.4, 0.5) is 5.82 Å². The Balaban J connectivity index is 1.36. The molecule has 0 radical (unpaired) electrons. The smallest absolute Gasteiger partial charge is 0.243 e. The van der Waals surface area contributed by atoms with Crippen LogP contribution < -0.4 is 9.64 Å². The second-order valence-electron chi connectivity index (χ2n) is 9.22. The largest absolute Gasteiger partial charge is 0.497 e. The summed E-state index contributed by atoms with van der Waals surface area (Å²) in [6.07, 6.45) is 3.63. The molecule has 198 valence electrons. The molecule has 8 nitrogen and oxygen atoms in total. The van der Waals surface area contributed by atoms with E-state index in [2.05, 4.69) is 28.2 Å². The minimum Gasteiger partial charge on any atom is -0.497 e. The molecule has 0 saturated carbocycles. The fraction of sp³-hybridized carbons (Fsp3) is 0.172. The van der Waals surface area contributed by atoms with Gasteiger partial charge in [0, 0.05) is 48.6 Å². The third-order valence-corrected chi connectivity index (χ3v) is 9.12. The molecule has 3 heterocycles. The van der Waals surface area contributed by atoms with Gasteiger partial charge in [-0.05, 0) is 48.0 Å². The van der Waals surface area contributed by atoms with Gasteiger partial charge in [0.25, 0.3) is 0 Å². The maximum absolute atomic E-state index is 13.3. The van der Waals surface area contributed by atoms with E-state index in [-0.39, 0.29) is 4.90 Å². The fourth-order valence-corrected chi connectivity index (χ4v) is 6.59. The minimum absolute atomic E-state index is 0.256. The predicted octanol–water partition coefficient (Wildman–Crippen LogP) is 5.26. The minimum atomic E-state index is -3.62. The molecule has 1 fully saturated rings. The van der Waals surface area contributed by atoms with Crippen molar-refractivity contribution in [2.75, 3.05) is 38.2 Å². The van der Waals surface area contributed by atoms with E-state index in [9.17, 15) is 8.42 Å². The summed E-state index contributed by atoms with van der Waals surface area (Å²) in [5.41, 5.74) is 3.69. The van der Waals surface area contributed by atoms with Gasteiger partial charge in [-0.2, -0.15) is 4.31 Å². The summed E-state index contributed by atoms with van der Waals surface area (Å²) in [5.74, 6) is 1.40. The first-order valence-electron chi connectivity index (χ1n) is 12.5. The lowest BCUT2D eigenvalue weighted by atomic mass is 10.1. The van der Waals surface area contributed by atoms with Crippen molar-refractivity contribution in [1.82, 2.24) is 18.8 Å². The summed E-state index contributed by atoms with van der Waals surface area (Å²) >= 11 is 6.32. The van der Waals surface area contributed by atoms with Crippen LogP contribution in [-0.4, -0.2) is 60.5 Å². The molecule has 1 saturated heterocycles. The molecule has 0 aliphatic carbocycles. The van der Waals surface area contributed by atoms with Crippen molar-refractivity contribution in [1.29, 1.82) is 0 Å². The van der Waals surface area contributed by atoms with Crippen LogP contribution in [0.15, 0.2) is 96.3 Å². The van der Waals surface area contributed by atoms with E-state index in [1.807, 2.05) is 47.0 Å². The molecule has 1 aliphatic rings. The highest BCUT2D eigenvalue weighted by atomic mass is 35.5. The lowest BCUT2D eigenvalue weighted by Gasteiger charge is -2.35. The van der Waals surface area contributed by atoms with Gasteiger partial charge in [-0.1, -0.05) is 48.0 Å². The highest BCUT2D eigenvalue weighted by Gasteiger charge is 2.30. The first-order chi connectivity index (χ1) is 19.0. The van der Waals surface area contributed by atoms with Gasteiger partial charge in [-0.3, -0.25) is 0 Å². The topological polar surface area (TPSA) is 80.6 Å². The van der Waals surface area contributed by atoms with E-state index in [0.29, 0.717) is 37.0 Å². The number of nitrogens with zero attached hydrogens (tertiary/aromatic N) is 5. The Morgan fingerprint density at radius 1 is 0.872 bits per heavy atom.